The van der Waals surface area contributed by atoms with E-state index in [2.05, 4.69) is 5.32 Å². The van der Waals surface area contributed by atoms with Gasteiger partial charge in [0, 0.05) is 31.4 Å². The second-order valence-electron chi connectivity index (χ2n) is 5.27. The highest BCUT2D eigenvalue weighted by Crippen LogP contribution is 2.12. The minimum Gasteiger partial charge on any atom is -0.481 e. The number of rotatable bonds is 6. The van der Waals surface area contributed by atoms with Crippen LogP contribution in [0, 0.1) is 0 Å². The highest BCUT2D eigenvalue weighted by Gasteiger charge is 2.08. The Morgan fingerprint density at radius 1 is 1.21 bits per heavy atom. The maximum absolute atomic E-state index is 12.1. The van der Waals surface area contributed by atoms with E-state index in [1.165, 1.54) is 19.3 Å². The van der Waals surface area contributed by atoms with Crippen molar-refractivity contribution in [3.05, 3.63) is 62.9 Å². The van der Waals surface area contributed by atoms with Gasteiger partial charge in [0.2, 0.25) is 5.91 Å². The number of aromatic nitrogens is 2. The van der Waals surface area contributed by atoms with Gasteiger partial charge in [0.1, 0.15) is 6.54 Å². The van der Waals surface area contributed by atoms with Gasteiger partial charge in [-0.05, 0) is 24.1 Å². The Kier molecular flexibility index (Phi) is 5.31. The number of aliphatic carboxylic acids is 1. The van der Waals surface area contributed by atoms with Crippen molar-refractivity contribution in [2.45, 2.75) is 19.4 Å². The summed E-state index contributed by atoms with van der Waals surface area (Å²) in [5.74, 6) is -1.32. The molecule has 0 bridgehead atoms. The fourth-order valence-electron chi connectivity index (χ4n) is 2.15. The maximum atomic E-state index is 12.1. The van der Waals surface area contributed by atoms with Crippen LogP contribution in [0.25, 0.3) is 0 Å². The van der Waals surface area contributed by atoms with Crippen molar-refractivity contribution >= 4 is 17.6 Å². The van der Waals surface area contributed by atoms with E-state index in [9.17, 15) is 19.2 Å². The number of carboxylic acid groups (broad SMARTS) is 1. The van der Waals surface area contributed by atoms with Gasteiger partial charge in [0.15, 0.2) is 0 Å². The Morgan fingerprint density at radius 3 is 2.67 bits per heavy atom. The first kappa shape index (κ1) is 17.2. The average Bonchev–Trinajstić information content (AvgIpc) is 2.54. The van der Waals surface area contributed by atoms with Crippen molar-refractivity contribution in [1.82, 2.24) is 9.13 Å². The van der Waals surface area contributed by atoms with Gasteiger partial charge in [-0.25, -0.2) is 4.79 Å². The van der Waals surface area contributed by atoms with Crippen LogP contribution in [0.15, 0.2) is 46.1 Å². The third-order valence-electron chi connectivity index (χ3n) is 3.41. The van der Waals surface area contributed by atoms with E-state index in [1.807, 2.05) is 0 Å². The normalized spacial score (nSPS) is 10.4. The number of amides is 1. The summed E-state index contributed by atoms with van der Waals surface area (Å²) < 4.78 is 2.05. The van der Waals surface area contributed by atoms with Gasteiger partial charge in [0.05, 0.1) is 0 Å². The summed E-state index contributed by atoms with van der Waals surface area (Å²) in [7, 11) is 1.34. The van der Waals surface area contributed by atoms with Crippen LogP contribution in [-0.4, -0.2) is 26.1 Å². The minimum absolute atomic E-state index is 0.00480. The quantitative estimate of drug-likeness (QED) is 0.786. The molecular weight excluding hydrogens is 314 g/mol. The molecule has 0 aliphatic rings. The summed E-state index contributed by atoms with van der Waals surface area (Å²) in [5.41, 5.74) is 0.283. The molecule has 0 atom stereocenters. The highest BCUT2D eigenvalue weighted by molar-refractivity contribution is 5.90. The summed E-state index contributed by atoms with van der Waals surface area (Å²) in [5, 5.41) is 11.3. The number of aryl methyl sites for hydroxylation is 1. The molecule has 2 N–H and O–H groups in total. The molecule has 0 fully saturated rings. The van der Waals surface area contributed by atoms with Crippen LogP contribution in [0.3, 0.4) is 0 Å². The van der Waals surface area contributed by atoms with Crippen molar-refractivity contribution in [2.24, 2.45) is 7.05 Å². The zero-order valence-corrected chi connectivity index (χ0v) is 13.1. The predicted molar refractivity (Wildman–Crippen MR) is 87.0 cm³/mol. The Hall–Kier alpha value is -3.16. The molecule has 126 valence electrons. The third kappa shape index (κ3) is 4.42. The number of carbonyl (C=O) groups is 2. The molecule has 2 aromatic rings. The number of benzene rings is 1. The van der Waals surface area contributed by atoms with Crippen LogP contribution in [-0.2, 0) is 29.6 Å². The molecule has 1 aromatic heterocycles. The van der Waals surface area contributed by atoms with E-state index in [0.29, 0.717) is 12.1 Å². The molecule has 24 heavy (non-hydrogen) atoms. The number of nitrogens with zero attached hydrogens (tertiary/aromatic N) is 2. The van der Waals surface area contributed by atoms with E-state index in [0.717, 1.165) is 14.7 Å². The standard InChI is InChI=1S/C16H17N3O5/c1-18-14(21)7-8-19(16(18)24)10-13(20)17-12-4-2-3-11(9-12)5-6-15(22)23/h2-4,7-9H,5-6,10H2,1H3,(H,17,20)(H,22,23). The molecule has 1 heterocycles. The predicted octanol–water partition coefficient (Wildman–Crippen LogP) is 0.203. The molecule has 8 nitrogen and oxygen atoms in total. The Labute approximate surface area is 137 Å². The lowest BCUT2D eigenvalue weighted by atomic mass is 10.1. The zero-order valence-electron chi connectivity index (χ0n) is 13.1. The number of nitrogens with one attached hydrogen (secondary N) is 1. The van der Waals surface area contributed by atoms with Gasteiger partial charge in [-0.15, -0.1) is 0 Å². The lowest BCUT2D eigenvalue weighted by molar-refractivity contribution is -0.137. The van der Waals surface area contributed by atoms with E-state index in [4.69, 9.17) is 5.11 Å². The first-order valence-corrected chi connectivity index (χ1v) is 7.24. The first-order valence-electron chi connectivity index (χ1n) is 7.24. The summed E-state index contributed by atoms with van der Waals surface area (Å²) in [4.78, 5) is 45.8. The monoisotopic (exact) mass is 331 g/mol. The summed E-state index contributed by atoms with van der Waals surface area (Å²) in [6, 6.07) is 8.05. The van der Waals surface area contributed by atoms with Gasteiger partial charge in [-0.1, -0.05) is 12.1 Å². The molecule has 1 amide bonds. The molecule has 0 radical (unpaired) electrons. The van der Waals surface area contributed by atoms with Crippen molar-refractivity contribution in [3.8, 4) is 0 Å². The number of carboxylic acids is 1. The number of anilines is 1. The van der Waals surface area contributed by atoms with Crippen LogP contribution < -0.4 is 16.6 Å². The van der Waals surface area contributed by atoms with Gasteiger partial charge >= 0.3 is 11.7 Å². The van der Waals surface area contributed by atoms with Crippen molar-refractivity contribution in [3.63, 3.8) is 0 Å². The van der Waals surface area contributed by atoms with E-state index in [-0.39, 0.29) is 13.0 Å². The summed E-state index contributed by atoms with van der Waals surface area (Å²) >= 11 is 0. The maximum Gasteiger partial charge on any atom is 0.331 e. The van der Waals surface area contributed by atoms with Crippen molar-refractivity contribution in [2.75, 3.05) is 5.32 Å². The lowest BCUT2D eigenvalue weighted by Gasteiger charge is -2.09. The third-order valence-corrected chi connectivity index (χ3v) is 3.41. The fourth-order valence-corrected chi connectivity index (χ4v) is 2.15. The Balaban J connectivity index is 2.06. The van der Waals surface area contributed by atoms with Gasteiger partial charge in [-0.2, -0.15) is 0 Å². The van der Waals surface area contributed by atoms with Crippen molar-refractivity contribution in [1.29, 1.82) is 0 Å². The van der Waals surface area contributed by atoms with Crippen LogP contribution in [0.5, 0.6) is 0 Å². The van der Waals surface area contributed by atoms with E-state index < -0.39 is 23.1 Å². The number of carbonyl (C=O) groups excluding carboxylic acids is 1. The van der Waals surface area contributed by atoms with Gasteiger partial charge < -0.3 is 10.4 Å². The van der Waals surface area contributed by atoms with Gasteiger partial charge in [0.25, 0.3) is 5.56 Å². The molecule has 0 aliphatic carbocycles. The van der Waals surface area contributed by atoms with Gasteiger partial charge in [-0.3, -0.25) is 23.5 Å². The minimum atomic E-state index is -0.890. The molecule has 0 saturated carbocycles. The number of hydrogen-bond acceptors (Lipinski definition) is 4. The van der Waals surface area contributed by atoms with Crippen LogP contribution in [0.1, 0.15) is 12.0 Å². The molecule has 0 spiro atoms. The van der Waals surface area contributed by atoms with E-state index >= 15 is 0 Å². The Bertz CT molecular complexity index is 882. The summed E-state index contributed by atoms with van der Waals surface area (Å²) in [6.45, 7) is -0.230. The second kappa shape index (κ2) is 7.40. The molecular formula is C16H17N3O5. The zero-order chi connectivity index (χ0) is 17.7. The topological polar surface area (TPSA) is 110 Å². The average molecular weight is 331 g/mol. The highest BCUT2D eigenvalue weighted by atomic mass is 16.4. The van der Waals surface area contributed by atoms with Crippen LogP contribution in [0.2, 0.25) is 0 Å². The largest absolute Gasteiger partial charge is 0.481 e. The molecule has 0 saturated heterocycles. The van der Waals surface area contributed by atoms with E-state index in [1.54, 1.807) is 24.3 Å². The first-order chi connectivity index (χ1) is 11.4. The molecule has 1 aromatic carbocycles. The fraction of sp³-hybridized carbons (Fsp3) is 0.250. The Morgan fingerprint density at radius 2 is 1.96 bits per heavy atom. The van der Waals surface area contributed by atoms with Crippen LogP contribution in [0.4, 0.5) is 5.69 Å². The smallest absolute Gasteiger partial charge is 0.331 e. The SMILES string of the molecule is Cn1c(=O)ccn(CC(=O)Nc2cccc(CCC(=O)O)c2)c1=O. The second-order valence-corrected chi connectivity index (χ2v) is 5.27. The molecule has 2 rings (SSSR count). The summed E-state index contributed by atoms with van der Waals surface area (Å²) in [6.07, 6.45) is 1.64. The van der Waals surface area contributed by atoms with Crippen LogP contribution >= 0.6 is 0 Å². The lowest BCUT2D eigenvalue weighted by Crippen LogP contribution is -2.38. The molecule has 0 aliphatic heterocycles. The molecule has 8 heteroatoms. The van der Waals surface area contributed by atoms with Crippen molar-refractivity contribution < 1.29 is 14.7 Å². The molecule has 0 unspecified atom stereocenters. The number of hydrogen-bond donors (Lipinski definition) is 2.